The molecule has 1 aromatic carbocycles. The van der Waals surface area contributed by atoms with Gasteiger partial charge >= 0.3 is 0 Å². The molecule has 0 radical (unpaired) electrons. The second-order valence-corrected chi connectivity index (χ2v) is 7.18. The average Bonchev–Trinajstić information content (AvgIpc) is 2.37. The lowest BCUT2D eigenvalue weighted by atomic mass is 10.1. The van der Waals surface area contributed by atoms with Gasteiger partial charge in [-0.2, -0.15) is 4.31 Å². The standard InChI is InChI=1S/C14H24N2O2S/c1-11(2)12(3)16(5)19(17,18)14-8-6-13(7-9-14)10-15-4/h6-9,11-12,15H,10H2,1-5H3. The Morgan fingerprint density at radius 2 is 1.68 bits per heavy atom. The van der Waals surface area contributed by atoms with E-state index in [0.717, 1.165) is 12.1 Å². The summed E-state index contributed by atoms with van der Waals surface area (Å²) in [6.07, 6.45) is 0. The maximum atomic E-state index is 12.5. The van der Waals surface area contributed by atoms with Crippen molar-refractivity contribution in [1.82, 2.24) is 9.62 Å². The lowest BCUT2D eigenvalue weighted by Crippen LogP contribution is -2.38. The highest BCUT2D eigenvalue weighted by atomic mass is 32.2. The molecule has 108 valence electrons. The van der Waals surface area contributed by atoms with E-state index in [2.05, 4.69) is 5.32 Å². The molecule has 5 heteroatoms. The molecule has 0 heterocycles. The number of hydrogen-bond acceptors (Lipinski definition) is 3. The second-order valence-electron chi connectivity index (χ2n) is 5.18. The number of rotatable bonds is 6. The van der Waals surface area contributed by atoms with E-state index >= 15 is 0 Å². The first-order valence-electron chi connectivity index (χ1n) is 6.52. The van der Waals surface area contributed by atoms with Crippen molar-refractivity contribution in [3.05, 3.63) is 29.8 Å². The average molecular weight is 284 g/mol. The molecule has 0 amide bonds. The minimum absolute atomic E-state index is 0.0259. The Labute approximate surface area is 116 Å². The molecule has 1 N–H and O–H groups in total. The van der Waals surface area contributed by atoms with Gasteiger partial charge in [0.2, 0.25) is 10.0 Å². The molecule has 0 aromatic heterocycles. The first-order valence-corrected chi connectivity index (χ1v) is 7.96. The molecular formula is C14H24N2O2S. The van der Waals surface area contributed by atoms with E-state index in [1.807, 2.05) is 40.0 Å². The molecule has 19 heavy (non-hydrogen) atoms. The van der Waals surface area contributed by atoms with E-state index in [0.29, 0.717) is 4.90 Å². The molecule has 0 aliphatic rings. The Morgan fingerprint density at radius 3 is 2.11 bits per heavy atom. The largest absolute Gasteiger partial charge is 0.316 e. The summed E-state index contributed by atoms with van der Waals surface area (Å²) in [5.41, 5.74) is 1.07. The number of nitrogens with zero attached hydrogens (tertiary/aromatic N) is 1. The van der Waals surface area contributed by atoms with Crippen LogP contribution >= 0.6 is 0 Å². The van der Waals surface area contributed by atoms with E-state index in [9.17, 15) is 8.42 Å². The molecule has 0 fully saturated rings. The molecule has 0 aliphatic carbocycles. The zero-order valence-corrected chi connectivity index (χ0v) is 13.2. The SMILES string of the molecule is CNCc1ccc(S(=O)(=O)N(C)C(C)C(C)C)cc1. The van der Waals surface area contributed by atoms with Gasteiger partial charge in [-0.3, -0.25) is 0 Å². The molecule has 0 bridgehead atoms. The number of nitrogens with one attached hydrogen (secondary N) is 1. The maximum absolute atomic E-state index is 12.5. The van der Waals surface area contributed by atoms with Crippen LogP contribution in [0.1, 0.15) is 26.3 Å². The summed E-state index contributed by atoms with van der Waals surface area (Å²) >= 11 is 0. The van der Waals surface area contributed by atoms with E-state index < -0.39 is 10.0 Å². The Morgan fingerprint density at radius 1 is 1.16 bits per heavy atom. The highest BCUT2D eigenvalue weighted by molar-refractivity contribution is 7.89. The second kappa shape index (κ2) is 6.50. The fourth-order valence-corrected chi connectivity index (χ4v) is 3.28. The molecular weight excluding hydrogens is 260 g/mol. The van der Waals surface area contributed by atoms with Crippen molar-refractivity contribution in [3.8, 4) is 0 Å². The van der Waals surface area contributed by atoms with Gasteiger partial charge < -0.3 is 5.32 Å². The summed E-state index contributed by atoms with van der Waals surface area (Å²) in [6.45, 7) is 6.70. The highest BCUT2D eigenvalue weighted by Crippen LogP contribution is 2.20. The van der Waals surface area contributed by atoms with Gasteiger partial charge in [0, 0.05) is 19.6 Å². The number of hydrogen-bond donors (Lipinski definition) is 1. The Hall–Kier alpha value is -0.910. The minimum Gasteiger partial charge on any atom is -0.316 e. The third-order valence-electron chi connectivity index (χ3n) is 3.52. The van der Waals surface area contributed by atoms with Gasteiger partial charge in [0.25, 0.3) is 0 Å². The predicted octanol–water partition coefficient (Wildman–Crippen LogP) is 2.07. The summed E-state index contributed by atoms with van der Waals surface area (Å²) in [5, 5.41) is 3.04. The summed E-state index contributed by atoms with van der Waals surface area (Å²) in [5.74, 6) is 0.281. The van der Waals surface area contributed by atoms with Gasteiger partial charge in [-0.1, -0.05) is 26.0 Å². The van der Waals surface area contributed by atoms with Crippen LogP contribution in [-0.4, -0.2) is 32.9 Å². The van der Waals surface area contributed by atoms with Gasteiger partial charge in [-0.25, -0.2) is 8.42 Å². The molecule has 0 spiro atoms. The lowest BCUT2D eigenvalue weighted by Gasteiger charge is -2.27. The fraction of sp³-hybridized carbons (Fsp3) is 0.571. The lowest BCUT2D eigenvalue weighted by molar-refractivity contribution is 0.316. The van der Waals surface area contributed by atoms with Crippen molar-refractivity contribution in [1.29, 1.82) is 0 Å². The molecule has 4 nitrogen and oxygen atoms in total. The molecule has 1 aromatic rings. The Kier molecular flexibility index (Phi) is 5.52. The van der Waals surface area contributed by atoms with Crippen LogP contribution in [0, 0.1) is 5.92 Å². The van der Waals surface area contributed by atoms with Crippen LogP contribution in [-0.2, 0) is 16.6 Å². The van der Waals surface area contributed by atoms with Gasteiger partial charge in [0.15, 0.2) is 0 Å². The van der Waals surface area contributed by atoms with Gasteiger partial charge in [-0.05, 0) is 37.6 Å². The smallest absolute Gasteiger partial charge is 0.243 e. The predicted molar refractivity (Wildman–Crippen MR) is 78.5 cm³/mol. The Balaban J connectivity index is 3.00. The highest BCUT2D eigenvalue weighted by Gasteiger charge is 2.26. The van der Waals surface area contributed by atoms with Crippen molar-refractivity contribution >= 4 is 10.0 Å². The van der Waals surface area contributed by atoms with Gasteiger partial charge in [0.05, 0.1) is 4.90 Å². The van der Waals surface area contributed by atoms with Crippen LogP contribution < -0.4 is 5.32 Å². The number of sulfonamides is 1. The van der Waals surface area contributed by atoms with Crippen molar-refractivity contribution < 1.29 is 8.42 Å². The molecule has 1 rings (SSSR count). The van der Waals surface area contributed by atoms with Crippen molar-refractivity contribution in [2.45, 2.75) is 38.3 Å². The van der Waals surface area contributed by atoms with Crippen LogP contribution in [0.5, 0.6) is 0 Å². The summed E-state index contributed by atoms with van der Waals surface area (Å²) in [6, 6.07) is 7.01. The van der Waals surface area contributed by atoms with E-state index in [1.54, 1.807) is 19.2 Å². The van der Waals surface area contributed by atoms with Gasteiger partial charge in [-0.15, -0.1) is 0 Å². The van der Waals surface area contributed by atoms with Crippen LogP contribution in [0.25, 0.3) is 0 Å². The summed E-state index contributed by atoms with van der Waals surface area (Å²) in [4.78, 5) is 0.349. The normalized spacial score (nSPS) is 14.1. The first kappa shape index (κ1) is 16.1. The molecule has 0 saturated heterocycles. The van der Waals surface area contributed by atoms with Crippen molar-refractivity contribution in [2.24, 2.45) is 5.92 Å². The van der Waals surface area contributed by atoms with Crippen LogP contribution in [0.3, 0.4) is 0 Å². The third-order valence-corrected chi connectivity index (χ3v) is 5.48. The molecule has 1 atom stereocenters. The zero-order valence-electron chi connectivity index (χ0n) is 12.3. The van der Waals surface area contributed by atoms with Crippen LogP contribution in [0.15, 0.2) is 29.2 Å². The molecule has 0 aliphatic heterocycles. The monoisotopic (exact) mass is 284 g/mol. The van der Waals surface area contributed by atoms with Crippen molar-refractivity contribution in [3.63, 3.8) is 0 Å². The topological polar surface area (TPSA) is 49.4 Å². The minimum atomic E-state index is -3.40. The molecule has 0 saturated carbocycles. The Bertz CT molecular complexity index is 495. The van der Waals surface area contributed by atoms with Gasteiger partial charge in [0.1, 0.15) is 0 Å². The summed E-state index contributed by atoms with van der Waals surface area (Å²) in [7, 11) is 0.102. The van der Waals surface area contributed by atoms with E-state index in [4.69, 9.17) is 0 Å². The van der Waals surface area contributed by atoms with Crippen molar-refractivity contribution in [2.75, 3.05) is 14.1 Å². The molecule has 1 unspecified atom stereocenters. The van der Waals surface area contributed by atoms with E-state index in [-0.39, 0.29) is 12.0 Å². The third kappa shape index (κ3) is 3.78. The number of benzene rings is 1. The quantitative estimate of drug-likeness (QED) is 0.870. The first-order chi connectivity index (χ1) is 8.80. The van der Waals surface area contributed by atoms with Crippen LogP contribution in [0.2, 0.25) is 0 Å². The maximum Gasteiger partial charge on any atom is 0.243 e. The van der Waals surface area contributed by atoms with E-state index in [1.165, 1.54) is 4.31 Å². The van der Waals surface area contributed by atoms with Crippen LogP contribution in [0.4, 0.5) is 0 Å². The summed E-state index contributed by atoms with van der Waals surface area (Å²) < 4.78 is 26.4. The zero-order chi connectivity index (χ0) is 14.6. The fourth-order valence-electron chi connectivity index (χ4n) is 1.79.